The Bertz CT molecular complexity index is 974. The molecule has 138 valence electrons. The van der Waals surface area contributed by atoms with Crippen molar-refractivity contribution in [1.29, 1.82) is 0 Å². The second-order valence-electron chi connectivity index (χ2n) is 6.98. The first-order valence-corrected chi connectivity index (χ1v) is 9.22. The molecule has 1 fully saturated rings. The number of para-hydroxylation sites is 1. The lowest BCUT2D eigenvalue weighted by molar-refractivity contribution is 0.0304. The van der Waals surface area contributed by atoms with Gasteiger partial charge < -0.3 is 15.0 Å². The molecular formula is C22H23N3O2. The largest absolute Gasteiger partial charge is 0.378 e. The molecule has 1 amide bonds. The van der Waals surface area contributed by atoms with Crippen LogP contribution in [0.4, 0.5) is 11.5 Å². The Morgan fingerprint density at radius 2 is 1.74 bits per heavy atom. The molecule has 0 atom stereocenters. The molecule has 0 aliphatic carbocycles. The number of nitrogens with zero attached hydrogens (tertiary/aromatic N) is 2. The molecular weight excluding hydrogens is 338 g/mol. The Hall–Kier alpha value is -2.92. The second-order valence-corrected chi connectivity index (χ2v) is 6.98. The van der Waals surface area contributed by atoms with Gasteiger partial charge in [0.25, 0.3) is 5.91 Å². The normalized spacial score (nSPS) is 14.4. The molecule has 3 aromatic rings. The van der Waals surface area contributed by atoms with Crippen LogP contribution in [0.1, 0.15) is 21.5 Å². The minimum absolute atomic E-state index is 0.0281. The molecule has 0 saturated carbocycles. The zero-order valence-corrected chi connectivity index (χ0v) is 15.7. The second kappa shape index (κ2) is 7.37. The quantitative estimate of drug-likeness (QED) is 0.764. The summed E-state index contributed by atoms with van der Waals surface area (Å²) in [6.07, 6.45) is 0. The fraction of sp³-hybridized carbons (Fsp3) is 0.273. The maximum Gasteiger partial charge on any atom is 0.254 e. The summed E-state index contributed by atoms with van der Waals surface area (Å²) in [6.45, 7) is 6.55. The van der Waals surface area contributed by atoms with Crippen LogP contribution in [0, 0.1) is 13.8 Å². The minimum atomic E-state index is 0.0281. The number of anilines is 2. The third-order valence-corrected chi connectivity index (χ3v) is 4.74. The van der Waals surface area contributed by atoms with Crippen LogP contribution in [0.5, 0.6) is 0 Å². The predicted octanol–water partition coefficient (Wildman–Crippen LogP) is 4.07. The number of hydrogen-bond acceptors (Lipinski definition) is 4. The van der Waals surface area contributed by atoms with Gasteiger partial charge in [-0.05, 0) is 49.2 Å². The molecule has 5 nitrogen and oxygen atoms in total. The number of aryl methyl sites for hydroxylation is 2. The van der Waals surface area contributed by atoms with Crippen LogP contribution < -0.4 is 5.32 Å². The van der Waals surface area contributed by atoms with Crippen LogP contribution in [0.15, 0.2) is 48.5 Å². The van der Waals surface area contributed by atoms with Gasteiger partial charge in [-0.3, -0.25) is 4.79 Å². The monoisotopic (exact) mass is 361 g/mol. The van der Waals surface area contributed by atoms with E-state index in [9.17, 15) is 4.79 Å². The van der Waals surface area contributed by atoms with E-state index in [-0.39, 0.29) is 5.91 Å². The average molecular weight is 361 g/mol. The van der Waals surface area contributed by atoms with E-state index in [0.29, 0.717) is 37.7 Å². The zero-order valence-electron chi connectivity index (χ0n) is 15.7. The topological polar surface area (TPSA) is 54.5 Å². The van der Waals surface area contributed by atoms with E-state index in [4.69, 9.17) is 9.72 Å². The molecule has 27 heavy (non-hydrogen) atoms. The fourth-order valence-corrected chi connectivity index (χ4v) is 3.55. The van der Waals surface area contributed by atoms with Crippen LogP contribution in [0.3, 0.4) is 0 Å². The number of pyridine rings is 1. The Morgan fingerprint density at radius 3 is 2.48 bits per heavy atom. The summed E-state index contributed by atoms with van der Waals surface area (Å²) in [5, 5.41) is 4.24. The maximum absolute atomic E-state index is 13.1. The lowest BCUT2D eigenvalue weighted by Gasteiger charge is -2.27. The van der Waals surface area contributed by atoms with Crippen molar-refractivity contribution >= 4 is 28.3 Å². The summed E-state index contributed by atoms with van der Waals surface area (Å²) in [4.78, 5) is 19.7. The number of nitrogens with one attached hydrogen (secondary N) is 1. The van der Waals surface area contributed by atoms with E-state index < -0.39 is 0 Å². The fourth-order valence-electron chi connectivity index (χ4n) is 3.55. The number of carbonyl (C=O) groups is 1. The molecule has 4 rings (SSSR count). The van der Waals surface area contributed by atoms with Crippen molar-refractivity contribution in [1.82, 2.24) is 9.88 Å². The first kappa shape index (κ1) is 17.5. The van der Waals surface area contributed by atoms with Gasteiger partial charge in [0.05, 0.1) is 24.3 Å². The van der Waals surface area contributed by atoms with Crippen molar-refractivity contribution in [2.75, 3.05) is 31.6 Å². The summed E-state index contributed by atoms with van der Waals surface area (Å²) in [6, 6.07) is 15.9. The van der Waals surface area contributed by atoms with Gasteiger partial charge in [-0.2, -0.15) is 0 Å². The summed E-state index contributed by atoms with van der Waals surface area (Å²) in [5.74, 6) is 0.704. The lowest BCUT2D eigenvalue weighted by atomic mass is 10.1. The third kappa shape index (κ3) is 3.78. The molecule has 0 bridgehead atoms. The Balaban J connectivity index is 1.74. The SMILES string of the molecule is Cc1cc(C)cc(Nc2cc(C(=O)N3CCOCC3)c3ccccc3n2)c1. The number of ether oxygens (including phenoxy) is 1. The average Bonchev–Trinajstić information content (AvgIpc) is 2.66. The van der Waals surface area contributed by atoms with E-state index in [1.54, 1.807) is 0 Å². The number of aromatic nitrogens is 1. The van der Waals surface area contributed by atoms with Crippen molar-refractivity contribution in [3.63, 3.8) is 0 Å². The number of hydrogen-bond donors (Lipinski definition) is 1. The van der Waals surface area contributed by atoms with E-state index in [1.807, 2.05) is 35.2 Å². The molecule has 2 aromatic carbocycles. The number of morpholine rings is 1. The van der Waals surface area contributed by atoms with E-state index in [1.165, 1.54) is 11.1 Å². The molecule has 1 aliphatic heterocycles. The zero-order chi connectivity index (χ0) is 18.8. The van der Waals surface area contributed by atoms with Crippen molar-refractivity contribution in [3.05, 3.63) is 65.2 Å². The third-order valence-electron chi connectivity index (χ3n) is 4.74. The summed E-state index contributed by atoms with van der Waals surface area (Å²) < 4.78 is 5.38. The smallest absolute Gasteiger partial charge is 0.254 e. The molecule has 1 aliphatic rings. The molecule has 1 N–H and O–H groups in total. The molecule has 0 unspecified atom stereocenters. The van der Waals surface area contributed by atoms with Crippen LogP contribution in [0.2, 0.25) is 0 Å². The Morgan fingerprint density at radius 1 is 1.04 bits per heavy atom. The highest BCUT2D eigenvalue weighted by molar-refractivity contribution is 6.07. The Labute approximate surface area is 159 Å². The van der Waals surface area contributed by atoms with E-state index in [0.717, 1.165) is 16.6 Å². The van der Waals surface area contributed by atoms with Crippen LogP contribution in [-0.2, 0) is 4.74 Å². The summed E-state index contributed by atoms with van der Waals surface area (Å²) in [7, 11) is 0. The number of benzene rings is 2. The maximum atomic E-state index is 13.1. The van der Waals surface area contributed by atoms with Gasteiger partial charge in [-0.25, -0.2) is 4.98 Å². The van der Waals surface area contributed by atoms with Gasteiger partial charge in [-0.15, -0.1) is 0 Å². The van der Waals surface area contributed by atoms with Crippen molar-refractivity contribution in [2.45, 2.75) is 13.8 Å². The van der Waals surface area contributed by atoms with E-state index >= 15 is 0 Å². The van der Waals surface area contributed by atoms with Crippen LogP contribution in [-0.4, -0.2) is 42.1 Å². The minimum Gasteiger partial charge on any atom is -0.378 e. The first-order valence-electron chi connectivity index (χ1n) is 9.22. The Kier molecular flexibility index (Phi) is 4.77. The predicted molar refractivity (Wildman–Crippen MR) is 108 cm³/mol. The van der Waals surface area contributed by atoms with Gasteiger partial charge >= 0.3 is 0 Å². The van der Waals surface area contributed by atoms with Gasteiger partial charge in [0.15, 0.2) is 0 Å². The van der Waals surface area contributed by atoms with Crippen LogP contribution >= 0.6 is 0 Å². The highest BCUT2D eigenvalue weighted by Gasteiger charge is 2.21. The number of carbonyl (C=O) groups excluding carboxylic acids is 1. The first-order chi connectivity index (χ1) is 13.1. The lowest BCUT2D eigenvalue weighted by Crippen LogP contribution is -2.40. The van der Waals surface area contributed by atoms with Gasteiger partial charge in [-0.1, -0.05) is 24.3 Å². The number of amides is 1. The highest BCUT2D eigenvalue weighted by Crippen LogP contribution is 2.25. The summed E-state index contributed by atoms with van der Waals surface area (Å²) >= 11 is 0. The van der Waals surface area contributed by atoms with Gasteiger partial charge in [0.2, 0.25) is 0 Å². The van der Waals surface area contributed by atoms with Crippen molar-refractivity contribution in [3.8, 4) is 0 Å². The number of fused-ring (bicyclic) bond motifs is 1. The number of rotatable bonds is 3. The van der Waals surface area contributed by atoms with Crippen molar-refractivity contribution in [2.24, 2.45) is 0 Å². The van der Waals surface area contributed by atoms with Crippen LogP contribution in [0.25, 0.3) is 10.9 Å². The molecule has 2 heterocycles. The molecule has 5 heteroatoms. The molecule has 1 saturated heterocycles. The molecule has 0 spiro atoms. The van der Waals surface area contributed by atoms with Crippen molar-refractivity contribution < 1.29 is 9.53 Å². The highest BCUT2D eigenvalue weighted by atomic mass is 16.5. The van der Waals surface area contributed by atoms with Gasteiger partial charge in [0.1, 0.15) is 5.82 Å². The van der Waals surface area contributed by atoms with Gasteiger partial charge in [0, 0.05) is 24.2 Å². The molecule has 1 aromatic heterocycles. The summed E-state index contributed by atoms with van der Waals surface area (Å²) in [5.41, 5.74) is 4.82. The van der Waals surface area contributed by atoms with E-state index in [2.05, 4.69) is 37.4 Å². The standard InChI is InChI=1S/C22H23N3O2/c1-15-11-16(2)13-17(12-15)23-21-14-19(18-5-3-4-6-20(18)24-21)22(26)25-7-9-27-10-8-25/h3-6,11-14H,7-10H2,1-2H3,(H,23,24). The molecule has 0 radical (unpaired) electrons.